The number of nitrogen functional groups attached to an aromatic ring is 1. The summed E-state index contributed by atoms with van der Waals surface area (Å²) in [6.07, 6.45) is 0. The van der Waals surface area contributed by atoms with E-state index in [2.05, 4.69) is 5.43 Å². The maximum Gasteiger partial charge on any atom is 0.138 e. The van der Waals surface area contributed by atoms with Crippen LogP contribution < -0.4 is 11.3 Å². The molecule has 0 saturated heterocycles. The van der Waals surface area contributed by atoms with Crippen LogP contribution in [0.1, 0.15) is 25.3 Å². The summed E-state index contributed by atoms with van der Waals surface area (Å²) < 4.78 is 13.7. The number of hydrazine groups is 1. The van der Waals surface area contributed by atoms with E-state index in [1.54, 1.807) is 0 Å². The number of benzene rings is 1. The topological polar surface area (TPSA) is 38.0 Å². The van der Waals surface area contributed by atoms with Crippen LogP contribution in [0.25, 0.3) is 0 Å². The highest BCUT2D eigenvalue weighted by molar-refractivity contribution is 14.1. The van der Waals surface area contributed by atoms with Gasteiger partial charge in [0.15, 0.2) is 0 Å². The molecule has 13 heavy (non-hydrogen) atoms. The highest BCUT2D eigenvalue weighted by atomic mass is 127. The van der Waals surface area contributed by atoms with E-state index in [0.717, 1.165) is 5.56 Å². The number of nitrogens with one attached hydrogen (secondary N) is 1. The molecule has 2 nitrogen and oxygen atoms in total. The fourth-order valence-corrected chi connectivity index (χ4v) is 1.66. The first-order chi connectivity index (χ1) is 6.06. The molecule has 0 saturated carbocycles. The monoisotopic (exact) mass is 294 g/mol. The lowest BCUT2D eigenvalue weighted by Gasteiger charge is -2.12. The second kappa shape index (κ2) is 4.23. The van der Waals surface area contributed by atoms with Crippen molar-refractivity contribution in [3.63, 3.8) is 0 Å². The zero-order valence-electron chi connectivity index (χ0n) is 7.57. The summed E-state index contributed by atoms with van der Waals surface area (Å²) in [5.41, 5.74) is 4.20. The Balaban J connectivity index is 3.25. The summed E-state index contributed by atoms with van der Waals surface area (Å²) in [5, 5.41) is 0. The van der Waals surface area contributed by atoms with Crippen LogP contribution in [0.3, 0.4) is 0 Å². The Bertz CT molecular complexity index is 313. The van der Waals surface area contributed by atoms with E-state index in [4.69, 9.17) is 5.84 Å². The van der Waals surface area contributed by atoms with Crippen molar-refractivity contribution in [1.82, 2.24) is 0 Å². The Morgan fingerprint density at radius 1 is 1.46 bits per heavy atom. The summed E-state index contributed by atoms with van der Waals surface area (Å²) in [6.45, 7) is 4.09. The van der Waals surface area contributed by atoms with Crippen molar-refractivity contribution in [2.24, 2.45) is 5.84 Å². The van der Waals surface area contributed by atoms with Gasteiger partial charge in [0.2, 0.25) is 0 Å². The molecule has 1 rings (SSSR count). The third-order valence-corrected chi connectivity index (χ3v) is 2.70. The summed E-state index contributed by atoms with van der Waals surface area (Å²) >= 11 is 1.97. The average Bonchev–Trinajstić information content (AvgIpc) is 2.08. The van der Waals surface area contributed by atoms with Gasteiger partial charge in [-0.2, -0.15) is 0 Å². The molecule has 4 heteroatoms. The molecule has 1 aromatic carbocycles. The van der Waals surface area contributed by atoms with Crippen LogP contribution in [-0.2, 0) is 0 Å². The molecule has 0 aliphatic rings. The van der Waals surface area contributed by atoms with Gasteiger partial charge in [0.1, 0.15) is 5.82 Å². The Hall–Kier alpha value is -0.360. The first-order valence-corrected chi connectivity index (χ1v) is 5.09. The van der Waals surface area contributed by atoms with E-state index >= 15 is 0 Å². The van der Waals surface area contributed by atoms with E-state index in [-0.39, 0.29) is 5.82 Å². The summed E-state index contributed by atoms with van der Waals surface area (Å²) in [4.78, 5) is 0. The van der Waals surface area contributed by atoms with Crippen LogP contribution >= 0.6 is 22.6 Å². The predicted octanol–water partition coefficient (Wildman–Crippen LogP) is 2.84. The second-order valence-electron chi connectivity index (χ2n) is 3.15. The minimum Gasteiger partial charge on any atom is -0.324 e. The lowest BCUT2D eigenvalue weighted by molar-refractivity contribution is 0.619. The van der Waals surface area contributed by atoms with Crippen molar-refractivity contribution in [2.75, 3.05) is 5.43 Å². The van der Waals surface area contributed by atoms with Gasteiger partial charge >= 0.3 is 0 Å². The molecule has 0 heterocycles. The fraction of sp³-hybridized carbons (Fsp3) is 0.333. The van der Waals surface area contributed by atoms with Gasteiger partial charge in [-0.25, -0.2) is 4.39 Å². The molecule has 0 fully saturated rings. The SMILES string of the molecule is CC(C)c1cc(I)c(F)cc1NN. The molecule has 72 valence electrons. The summed E-state index contributed by atoms with van der Waals surface area (Å²) in [5.74, 6) is 5.38. The minimum absolute atomic E-state index is 0.238. The standard InChI is InChI=1S/C9H12FIN2/c1-5(2)6-3-8(11)7(10)4-9(6)13-12/h3-5,13H,12H2,1-2H3. The van der Waals surface area contributed by atoms with Crippen molar-refractivity contribution in [1.29, 1.82) is 0 Å². The van der Waals surface area contributed by atoms with Crippen molar-refractivity contribution >= 4 is 28.3 Å². The smallest absolute Gasteiger partial charge is 0.138 e. The van der Waals surface area contributed by atoms with Crippen LogP contribution in [-0.4, -0.2) is 0 Å². The van der Waals surface area contributed by atoms with Crippen LogP contribution in [0.4, 0.5) is 10.1 Å². The van der Waals surface area contributed by atoms with Gasteiger partial charge in [0.05, 0.1) is 5.69 Å². The molecular weight excluding hydrogens is 282 g/mol. The second-order valence-corrected chi connectivity index (χ2v) is 4.31. The maximum atomic E-state index is 13.1. The molecule has 0 amide bonds. The first-order valence-electron chi connectivity index (χ1n) is 4.01. The molecular formula is C9H12FIN2. The normalized spacial score (nSPS) is 10.6. The largest absolute Gasteiger partial charge is 0.324 e. The van der Waals surface area contributed by atoms with E-state index in [0.29, 0.717) is 15.2 Å². The van der Waals surface area contributed by atoms with Crippen molar-refractivity contribution in [3.8, 4) is 0 Å². The van der Waals surface area contributed by atoms with Crippen LogP contribution in [0.5, 0.6) is 0 Å². The van der Waals surface area contributed by atoms with Gasteiger partial charge in [-0.1, -0.05) is 13.8 Å². The van der Waals surface area contributed by atoms with E-state index in [1.807, 2.05) is 42.5 Å². The quantitative estimate of drug-likeness (QED) is 0.500. The van der Waals surface area contributed by atoms with Crippen molar-refractivity contribution < 1.29 is 4.39 Å². The van der Waals surface area contributed by atoms with Crippen LogP contribution in [0, 0.1) is 9.39 Å². The predicted molar refractivity (Wildman–Crippen MR) is 61.0 cm³/mol. The lowest BCUT2D eigenvalue weighted by Crippen LogP contribution is -2.10. The Labute approximate surface area is 90.8 Å². The highest BCUT2D eigenvalue weighted by Gasteiger charge is 2.09. The minimum atomic E-state index is -0.238. The summed E-state index contributed by atoms with van der Waals surface area (Å²) in [6, 6.07) is 3.24. The molecule has 3 N–H and O–H groups in total. The average molecular weight is 294 g/mol. The van der Waals surface area contributed by atoms with Crippen molar-refractivity contribution in [2.45, 2.75) is 19.8 Å². The van der Waals surface area contributed by atoms with Gasteiger partial charge < -0.3 is 5.43 Å². The number of halogens is 2. The number of hydrogen-bond donors (Lipinski definition) is 2. The van der Waals surface area contributed by atoms with Gasteiger partial charge in [-0.15, -0.1) is 0 Å². The van der Waals surface area contributed by atoms with E-state index in [9.17, 15) is 4.39 Å². The third kappa shape index (κ3) is 2.31. The van der Waals surface area contributed by atoms with Crippen LogP contribution in [0.2, 0.25) is 0 Å². The fourth-order valence-electron chi connectivity index (χ4n) is 1.16. The van der Waals surface area contributed by atoms with Gasteiger partial charge in [-0.3, -0.25) is 5.84 Å². The van der Waals surface area contributed by atoms with Gasteiger partial charge in [-0.05, 0) is 46.2 Å². The first kappa shape index (κ1) is 10.7. The molecule has 0 atom stereocenters. The maximum absolute atomic E-state index is 13.1. The van der Waals surface area contributed by atoms with Gasteiger partial charge in [0.25, 0.3) is 0 Å². The van der Waals surface area contributed by atoms with Gasteiger partial charge in [0, 0.05) is 3.57 Å². The Morgan fingerprint density at radius 3 is 2.54 bits per heavy atom. The Kier molecular flexibility index (Phi) is 3.49. The van der Waals surface area contributed by atoms with E-state index in [1.165, 1.54) is 6.07 Å². The zero-order valence-corrected chi connectivity index (χ0v) is 9.72. The highest BCUT2D eigenvalue weighted by Crippen LogP contribution is 2.27. The number of nitrogens with two attached hydrogens (primary N) is 1. The third-order valence-electron chi connectivity index (χ3n) is 1.87. The van der Waals surface area contributed by atoms with E-state index < -0.39 is 0 Å². The molecule has 0 aliphatic heterocycles. The molecule has 0 spiro atoms. The molecule has 0 unspecified atom stereocenters. The number of rotatable bonds is 2. The Morgan fingerprint density at radius 2 is 2.08 bits per heavy atom. The molecule has 0 bridgehead atoms. The molecule has 0 aliphatic carbocycles. The van der Waals surface area contributed by atoms with Crippen molar-refractivity contribution in [3.05, 3.63) is 27.1 Å². The zero-order chi connectivity index (χ0) is 10.0. The lowest BCUT2D eigenvalue weighted by atomic mass is 10.0. The molecule has 0 radical (unpaired) electrons. The summed E-state index contributed by atoms with van der Waals surface area (Å²) in [7, 11) is 0. The number of hydrogen-bond acceptors (Lipinski definition) is 2. The molecule has 0 aromatic heterocycles. The van der Waals surface area contributed by atoms with Crippen LogP contribution in [0.15, 0.2) is 12.1 Å². The number of anilines is 1. The molecule has 1 aromatic rings.